The van der Waals surface area contributed by atoms with Crippen LogP contribution in [0.5, 0.6) is 0 Å². The first-order valence-electron chi connectivity index (χ1n) is 6.41. The summed E-state index contributed by atoms with van der Waals surface area (Å²) in [6, 6.07) is 15.1. The summed E-state index contributed by atoms with van der Waals surface area (Å²) in [5.74, 6) is 0. The molecule has 1 nitrogen and oxygen atoms in total. The van der Waals surface area contributed by atoms with E-state index in [1.807, 2.05) is 18.2 Å². The number of para-hydroxylation sites is 1. The van der Waals surface area contributed by atoms with E-state index in [0.29, 0.717) is 0 Å². The van der Waals surface area contributed by atoms with Gasteiger partial charge in [-0.15, -0.1) is 0 Å². The van der Waals surface area contributed by atoms with Crippen molar-refractivity contribution in [2.75, 3.05) is 5.32 Å². The first-order valence-corrected chi connectivity index (χ1v) is 7.99. The molecule has 0 fully saturated rings. The van der Waals surface area contributed by atoms with Crippen LogP contribution in [0, 0.1) is 0 Å². The average molecular weight is 383 g/mol. The van der Waals surface area contributed by atoms with E-state index >= 15 is 0 Å². The Balaban J connectivity index is 2.18. The summed E-state index contributed by atoms with van der Waals surface area (Å²) < 4.78 is 2.14. The summed E-state index contributed by atoms with van der Waals surface area (Å²) in [6.45, 7) is 4.35. The van der Waals surface area contributed by atoms with Gasteiger partial charge in [-0.25, -0.2) is 0 Å². The van der Waals surface area contributed by atoms with Gasteiger partial charge in [0.05, 0.1) is 5.69 Å². The fourth-order valence-electron chi connectivity index (χ4n) is 1.98. The van der Waals surface area contributed by atoms with Crippen LogP contribution in [0.3, 0.4) is 0 Å². The molecule has 0 radical (unpaired) electrons. The Labute approximate surface area is 131 Å². The quantitative estimate of drug-likeness (QED) is 0.689. The third-order valence-corrected chi connectivity index (χ3v) is 4.53. The molecule has 2 aromatic rings. The Kier molecular flexibility index (Phi) is 5.06. The minimum atomic E-state index is 0.265. The first kappa shape index (κ1) is 14.6. The molecule has 0 saturated heterocycles. The van der Waals surface area contributed by atoms with Crippen LogP contribution >= 0.6 is 31.9 Å². The highest BCUT2D eigenvalue weighted by Gasteiger charge is 2.10. The molecular formula is C16H17Br2N. The molecule has 0 aliphatic rings. The fraction of sp³-hybridized carbons (Fsp3) is 0.250. The van der Waals surface area contributed by atoms with Gasteiger partial charge in [-0.3, -0.25) is 0 Å². The number of anilines is 1. The van der Waals surface area contributed by atoms with Crippen LogP contribution in [0.2, 0.25) is 0 Å². The van der Waals surface area contributed by atoms with E-state index in [4.69, 9.17) is 0 Å². The minimum Gasteiger partial charge on any atom is -0.377 e. The molecule has 0 spiro atoms. The molecule has 19 heavy (non-hydrogen) atoms. The Morgan fingerprint density at radius 1 is 1.00 bits per heavy atom. The van der Waals surface area contributed by atoms with Crippen LogP contribution in [0.15, 0.2) is 51.4 Å². The zero-order valence-corrected chi connectivity index (χ0v) is 14.3. The highest BCUT2D eigenvalue weighted by Crippen LogP contribution is 2.33. The van der Waals surface area contributed by atoms with Crippen LogP contribution in [-0.4, -0.2) is 0 Å². The molecule has 0 amide bonds. The zero-order chi connectivity index (χ0) is 13.8. The smallest absolute Gasteiger partial charge is 0.0633 e. The summed E-state index contributed by atoms with van der Waals surface area (Å²) in [5.41, 5.74) is 3.76. The maximum Gasteiger partial charge on any atom is 0.0633 e. The van der Waals surface area contributed by atoms with E-state index in [2.05, 4.69) is 75.3 Å². The molecule has 2 rings (SSSR count). The third kappa shape index (κ3) is 3.61. The number of rotatable bonds is 4. The lowest BCUT2D eigenvalue weighted by Crippen LogP contribution is -2.07. The predicted octanol–water partition coefficient (Wildman–Crippen LogP) is 5.95. The van der Waals surface area contributed by atoms with E-state index in [0.717, 1.165) is 21.1 Å². The second-order valence-electron chi connectivity index (χ2n) is 4.56. The molecule has 1 unspecified atom stereocenters. The normalized spacial score (nSPS) is 12.2. The number of nitrogens with one attached hydrogen (secondary N) is 1. The van der Waals surface area contributed by atoms with Crippen molar-refractivity contribution >= 4 is 37.5 Å². The molecular weight excluding hydrogens is 366 g/mol. The molecule has 0 heterocycles. The molecule has 1 N–H and O–H groups in total. The van der Waals surface area contributed by atoms with Crippen molar-refractivity contribution in [1.82, 2.24) is 0 Å². The van der Waals surface area contributed by atoms with E-state index < -0.39 is 0 Å². The zero-order valence-electron chi connectivity index (χ0n) is 11.1. The van der Waals surface area contributed by atoms with Gasteiger partial charge in [0, 0.05) is 15.0 Å². The van der Waals surface area contributed by atoms with Crippen molar-refractivity contribution in [3.05, 3.63) is 62.5 Å². The van der Waals surface area contributed by atoms with Gasteiger partial charge in [-0.2, -0.15) is 0 Å². The summed E-state index contributed by atoms with van der Waals surface area (Å²) in [5, 5.41) is 3.54. The number of aryl methyl sites for hydroxylation is 1. The summed E-state index contributed by atoms with van der Waals surface area (Å²) in [4.78, 5) is 0. The molecule has 100 valence electrons. The van der Waals surface area contributed by atoms with Crippen molar-refractivity contribution in [3.8, 4) is 0 Å². The lowest BCUT2D eigenvalue weighted by Gasteiger charge is -2.18. The van der Waals surface area contributed by atoms with Gasteiger partial charge < -0.3 is 5.32 Å². The van der Waals surface area contributed by atoms with Crippen molar-refractivity contribution in [3.63, 3.8) is 0 Å². The molecule has 2 aromatic carbocycles. The maximum absolute atomic E-state index is 3.58. The molecule has 1 atom stereocenters. The summed E-state index contributed by atoms with van der Waals surface area (Å²) >= 11 is 7.16. The van der Waals surface area contributed by atoms with Crippen molar-refractivity contribution in [2.24, 2.45) is 0 Å². The first-order chi connectivity index (χ1) is 9.11. The standard InChI is InChI=1S/C16H17Br2N/c1-3-12-7-9-13(10-8-12)11(2)19-16-14(17)5-4-6-15(16)18/h4-11,19H,3H2,1-2H3. The third-order valence-electron chi connectivity index (χ3n) is 3.21. The fourth-order valence-corrected chi connectivity index (χ4v) is 3.20. The van der Waals surface area contributed by atoms with E-state index in [1.165, 1.54) is 11.1 Å². The van der Waals surface area contributed by atoms with Gasteiger partial charge in [0.15, 0.2) is 0 Å². The molecule has 3 heteroatoms. The van der Waals surface area contributed by atoms with Crippen LogP contribution < -0.4 is 5.32 Å². The molecule has 0 bridgehead atoms. The lowest BCUT2D eigenvalue weighted by molar-refractivity contribution is 0.880. The number of halogens is 2. The van der Waals surface area contributed by atoms with Gasteiger partial charge in [0.1, 0.15) is 0 Å². The van der Waals surface area contributed by atoms with E-state index in [1.54, 1.807) is 0 Å². The predicted molar refractivity (Wildman–Crippen MR) is 89.7 cm³/mol. The monoisotopic (exact) mass is 381 g/mol. The SMILES string of the molecule is CCc1ccc(C(C)Nc2c(Br)cccc2Br)cc1. The number of hydrogen-bond donors (Lipinski definition) is 1. The highest BCUT2D eigenvalue weighted by molar-refractivity contribution is 9.11. The lowest BCUT2D eigenvalue weighted by atomic mass is 10.0. The van der Waals surface area contributed by atoms with Crippen LogP contribution in [0.4, 0.5) is 5.69 Å². The Hall–Kier alpha value is -0.800. The Morgan fingerprint density at radius 2 is 1.58 bits per heavy atom. The van der Waals surface area contributed by atoms with Crippen LogP contribution in [0.25, 0.3) is 0 Å². The van der Waals surface area contributed by atoms with Gasteiger partial charge in [0.2, 0.25) is 0 Å². The largest absolute Gasteiger partial charge is 0.377 e. The summed E-state index contributed by atoms with van der Waals surface area (Å²) in [6.07, 6.45) is 1.08. The number of hydrogen-bond acceptors (Lipinski definition) is 1. The number of benzene rings is 2. The molecule has 0 aromatic heterocycles. The van der Waals surface area contributed by atoms with Crippen molar-refractivity contribution in [1.29, 1.82) is 0 Å². The van der Waals surface area contributed by atoms with Crippen molar-refractivity contribution in [2.45, 2.75) is 26.3 Å². The van der Waals surface area contributed by atoms with Gasteiger partial charge in [-0.05, 0) is 68.5 Å². The van der Waals surface area contributed by atoms with Crippen LogP contribution in [-0.2, 0) is 6.42 Å². The topological polar surface area (TPSA) is 12.0 Å². The second kappa shape index (κ2) is 6.58. The summed E-state index contributed by atoms with van der Waals surface area (Å²) in [7, 11) is 0. The van der Waals surface area contributed by atoms with Crippen molar-refractivity contribution < 1.29 is 0 Å². The minimum absolute atomic E-state index is 0.265. The van der Waals surface area contributed by atoms with Crippen LogP contribution in [0.1, 0.15) is 31.0 Å². The Morgan fingerprint density at radius 3 is 2.11 bits per heavy atom. The molecule has 0 aliphatic carbocycles. The van der Waals surface area contributed by atoms with E-state index in [-0.39, 0.29) is 6.04 Å². The molecule has 0 aliphatic heterocycles. The Bertz CT molecular complexity index is 529. The van der Waals surface area contributed by atoms with E-state index in [9.17, 15) is 0 Å². The van der Waals surface area contributed by atoms with Gasteiger partial charge in [0.25, 0.3) is 0 Å². The van der Waals surface area contributed by atoms with Gasteiger partial charge >= 0.3 is 0 Å². The molecule has 0 saturated carbocycles. The second-order valence-corrected chi connectivity index (χ2v) is 6.27. The maximum atomic E-state index is 3.58. The van der Waals surface area contributed by atoms with Gasteiger partial charge in [-0.1, -0.05) is 37.3 Å². The highest BCUT2D eigenvalue weighted by atomic mass is 79.9. The average Bonchev–Trinajstić information content (AvgIpc) is 2.43.